The third kappa shape index (κ3) is 3.61. The van der Waals surface area contributed by atoms with Gasteiger partial charge < -0.3 is 10.6 Å². The highest BCUT2D eigenvalue weighted by molar-refractivity contribution is 7.80. The van der Waals surface area contributed by atoms with Crippen LogP contribution in [0.3, 0.4) is 0 Å². The Bertz CT molecular complexity index is 469. The van der Waals surface area contributed by atoms with Crippen molar-refractivity contribution in [3.63, 3.8) is 0 Å². The van der Waals surface area contributed by atoms with Crippen molar-refractivity contribution < 1.29 is 0 Å². The number of thiocarbonyl (C=S) groups is 1. The number of anilines is 1. The molecule has 0 radical (unpaired) electrons. The molecule has 4 heteroatoms. The molecule has 0 atom stereocenters. The Balaban J connectivity index is 2.31. The molecule has 2 rings (SSSR count). The standard InChI is InChI=1S/C15H21ClN2S/c1-10(2)8-9-18(11-6-7-11)13-5-3-4-12(16)14(13)15(17)19/h3-5,10-11H,6-9H2,1-2H3,(H2,17,19). The Morgan fingerprint density at radius 3 is 2.68 bits per heavy atom. The minimum Gasteiger partial charge on any atom is -0.389 e. The smallest absolute Gasteiger partial charge is 0.107 e. The second kappa shape index (κ2) is 6.10. The molecule has 1 aliphatic rings. The van der Waals surface area contributed by atoms with Crippen LogP contribution in [0.4, 0.5) is 5.69 Å². The number of benzene rings is 1. The van der Waals surface area contributed by atoms with E-state index in [9.17, 15) is 0 Å². The third-order valence-corrected chi connectivity index (χ3v) is 4.00. The number of nitrogens with zero attached hydrogens (tertiary/aromatic N) is 1. The van der Waals surface area contributed by atoms with Crippen LogP contribution in [0, 0.1) is 5.92 Å². The van der Waals surface area contributed by atoms with Gasteiger partial charge in [0.15, 0.2) is 0 Å². The molecule has 0 bridgehead atoms. The van der Waals surface area contributed by atoms with Crippen LogP contribution < -0.4 is 10.6 Å². The lowest BCUT2D eigenvalue weighted by molar-refractivity contribution is 0.570. The summed E-state index contributed by atoms with van der Waals surface area (Å²) in [5.41, 5.74) is 7.78. The normalized spacial score (nSPS) is 14.7. The number of hydrogen-bond acceptors (Lipinski definition) is 2. The van der Waals surface area contributed by atoms with Crippen LogP contribution in [0.1, 0.15) is 38.7 Å². The molecule has 1 aromatic rings. The number of rotatable bonds is 6. The summed E-state index contributed by atoms with van der Waals surface area (Å²) >= 11 is 11.4. The average Bonchev–Trinajstić information content (AvgIpc) is 3.12. The predicted octanol–water partition coefficient (Wildman–Crippen LogP) is 3.99. The summed E-state index contributed by atoms with van der Waals surface area (Å²) in [6.07, 6.45) is 3.67. The van der Waals surface area contributed by atoms with Gasteiger partial charge in [0, 0.05) is 18.3 Å². The lowest BCUT2D eigenvalue weighted by atomic mass is 10.1. The first-order valence-electron chi connectivity index (χ1n) is 6.85. The molecule has 104 valence electrons. The fraction of sp³-hybridized carbons (Fsp3) is 0.533. The van der Waals surface area contributed by atoms with Gasteiger partial charge in [0.05, 0.1) is 10.6 Å². The largest absolute Gasteiger partial charge is 0.389 e. The van der Waals surface area contributed by atoms with Crippen LogP contribution in [0.5, 0.6) is 0 Å². The van der Waals surface area contributed by atoms with E-state index in [1.807, 2.05) is 12.1 Å². The molecule has 0 heterocycles. The van der Waals surface area contributed by atoms with Crippen molar-refractivity contribution in [1.29, 1.82) is 0 Å². The maximum atomic E-state index is 6.26. The third-order valence-electron chi connectivity index (χ3n) is 3.48. The first kappa shape index (κ1) is 14.6. The Hall–Kier alpha value is -0.800. The molecule has 0 amide bonds. The lowest BCUT2D eigenvalue weighted by Gasteiger charge is -2.28. The topological polar surface area (TPSA) is 29.3 Å². The van der Waals surface area contributed by atoms with Crippen LogP contribution in [0.25, 0.3) is 0 Å². The van der Waals surface area contributed by atoms with E-state index in [1.54, 1.807) is 0 Å². The van der Waals surface area contributed by atoms with Crippen LogP contribution in [0.15, 0.2) is 18.2 Å². The summed E-state index contributed by atoms with van der Waals surface area (Å²) in [4.78, 5) is 2.82. The molecule has 0 unspecified atom stereocenters. The molecule has 0 saturated heterocycles. The fourth-order valence-corrected chi connectivity index (χ4v) is 2.82. The number of hydrogen-bond donors (Lipinski definition) is 1. The van der Waals surface area contributed by atoms with E-state index < -0.39 is 0 Å². The highest BCUT2D eigenvalue weighted by Crippen LogP contribution is 2.36. The van der Waals surface area contributed by atoms with Gasteiger partial charge in [-0.3, -0.25) is 0 Å². The summed E-state index contributed by atoms with van der Waals surface area (Å²) < 4.78 is 0. The van der Waals surface area contributed by atoms with Crippen LogP contribution in [0.2, 0.25) is 5.02 Å². The molecule has 2 N–H and O–H groups in total. The van der Waals surface area contributed by atoms with Gasteiger partial charge in [-0.05, 0) is 37.3 Å². The zero-order valence-electron chi connectivity index (χ0n) is 11.5. The molecule has 2 nitrogen and oxygen atoms in total. The van der Waals surface area contributed by atoms with E-state index in [2.05, 4.69) is 24.8 Å². The van der Waals surface area contributed by atoms with Crippen molar-refractivity contribution in [2.75, 3.05) is 11.4 Å². The minimum absolute atomic E-state index is 0.385. The molecule has 1 aliphatic carbocycles. The van der Waals surface area contributed by atoms with E-state index in [-0.39, 0.29) is 0 Å². The van der Waals surface area contributed by atoms with Crippen molar-refractivity contribution in [2.24, 2.45) is 11.7 Å². The molecule has 1 aromatic carbocycles. The predicted molar refractivity (Wildman–Crippen MR) is 87.2 cm³/mol. The minimum atomic E-state index is 0.385. The quantitative estimate of drug-likeness (QED) is 0.805. The van der Waals surface area contributed by atoms with Gasteiger partial charge in [-0.1, -0.05) is 43.7 Å². The van der Waals surface area contributed by atoms with Gasteiger partial charge >= 0.3 is 0 Å². The van der Waals surface area contributed by atoms with Crippen molar-refractivity contribution in [3.05, 3.63) is 28.8 Å². The van der Waals surface area contributed by atoms with Crippen molar-refractivity contribution in [2.45, 2.75) is 39.2 Å². The van der Waals surface area contributed by atoms with Gasteiger partial charge in [-0.25, -0.2) is 0 Å². The lowest BCUT2D eigenvalue weighted by Crippen LogP contribution is -2.30. The summed E-state index contributed by atoms with van der Waals surface area (Å²) in [7, 11) is 0. The Labute approximate surface area is 125 Å². The van der Waals surface area contributed by atoms with Crippen LogP contribution in [-0.4, -0.2) is 17.6 Å². The van der Waals surface area contributed by atoms with E-state index in [1.165, 1.54) is 19.3 Å². The first-order chi connectivity index (χ1) is 9.00. The average molecular weight is 297 g/mol. The summed E-state index contributed by atoms with van der Waals surface area (Å²) in [5.74, 6) is 0.689. The van der Waals surface area contributed by atoms with Gasteiger partial charge in [0.2, 0.25) is 0 Å². The first-order valence-corrected chi connectivity index (χ1v) is 7.64. The highest BCUT2D eigenvalue weighted by Gasteiger charge is 2.31. The zero-order chi connectivity index (χ0) is 14.0. The summed E-state index contributed by atoms with van der Waals surface area (Å²) in [5, 5.41) is 0.653. The van der Waals surface area contributed by atoms with Gasteiger partial charge in [-0.15, -0.1) is 0 Å². The van der Waals surface area contributed by atoms with Gasteiger partial charge in [0.25, 0.3) is 0 Å². The van der Waals surface area contributed by atoms with Gasteiger partial charge in [0.1, 0.15) is 4.99 Å². The monoisotopic (exact) mass is 296 g/mol. The maximum Gasteiger partial charge on any atom is 0.107 e. The van der Waals surface area contributed by atoms with E-state index in [0.29, 0.717) is 22.0 Å². The zero-order valence-corrected chi connectivity index (χ0v) is 13.1. The Morgan fingerprint density at radius 1 is 1.47 bits per heavy atom. The number of halogens is 1. The molecule has 19 heavy (non-hydrogen) atoms. The molecule has 0 spiro atoms. The Morgan fingerprint density at radius 2 is 2.16 bits per heavy atom. The van der Waals surface area contributed by atoms with Crippen molar-refractivity contribution in [1.82, 2.24) is 0 Å². The summed E-state index contributed by atoms with van der Waals surface area (Å²) in [6, 6.07) is 6.54. The molecule has 1 saturated carbocycles. The molecular formula is C15H21ClN2S. The van der Waals surface area contributed by atoms with E-state index >= 15 is 0 Å². The second-order valence-corrected chi connectivity index (χ2v) is 6.45. The molecule has 0 aliphatic heterocycles. The SMILES string of the molecule is CC(C)CCN(c1cccc(Cl)c1C(N)=S)C1CC1. The van der Waals surface area contributed by atoms with Crippen molar-refractivity contribution >= 4 is 34.5 Å². The van der Waals surface area contributed by atoms with Crippen LogP contribution in [-0.2, 0) is 0 Å². The second-order valence-electron chi connectivity index (χ2n) is 5.61. The van der Waals surface area contributed by atoms with Crippen LogP contribution >= 0.6 is 23.8 Å². The Kier molecular flexibility index (Phi) is 4.69. The molecule has 0 aromatic heterocycles. The maximum absolute atomic E-state index is 6.26. The van der Waals surface area contributed by atoms with E-state index in [0.717, 1.165) is 17.8 Å². The fourth-order valence-electron chi connectivity index (χ4n) is 2.28. The number of nitrogens with two attached hydrogens (primary N) is 1. The van der Waals surface area contributed by atoms with Crippen molar-refractivity contribution in [3.8, 4) is 0 Å². The highest BCUT2D eigenvalue weighted by atomic mass is 35.5. The molecular weight excluding hydrogens is 276 g/mol. The molecule has 1 fully saturated rings. The van der Waals surface area contributed by atoms with Gasteiger partial charge in [-0.2, -0.15) is 0 Å². The summed E-state index contributed by atoms with van der Waals surface area (Å²) in [6.45, 7) is 5.54. The van der Waals surface area contributed by atoms with E-state index in [4.69, 9.17) is 29.6 Å².